The van der Waals surface area contributed by atoms with E-state index in [1.54, 1.807) is 11.8 Å². The average Bonchev–Trinajstić information content (AvgIpc) is 2.01. The van der Waals surface area contributed by atoms with Crippen LogP contribution in [0.4, 0.5) is 0 Å². The third-order valence-electron chi connectivity index (χ3n) is 1.92. The molecular weight excluding hydrogens is 194 g/mol. The number of carbonyl (C=O) groups is 1. The van der Waals surface area contributed by atoms with Gasteiger partial charge in [-0.3, -0.25) is 4.79 Å². The predicted octanol–water partition coefficient (Wildman–Crippen LogP) is 2.33. The summed E-state index contributed by atoms with van der Waals surface area (Å²) in [6.45, 7) is 8.47. The first-order chi connectivity index (χ1) is 6.47. The van der Waals surface area contributed by atoms with Gasteiger partial charge in [-0.2, -0.15) is 11.8 Å². The maximum absolute atomic E-state index is 11.7. The van der Waals surface area contributed by atoms with Crippen molar-refractivity contribution in [3.63, 3.8) is 0 Å². The minimum atomic E-state index is 0.0439. The molecule has 0 spiro atoms. The van der Waals surface area contributed by atoms with Crippen LogP contribution in [0.2, 0.25) is 0 Å². The molecule has 0 aliphatic rings. The lowest BCUT2D eigenvalue weighted by molar-refractivity contribution is -0.119. The lowest BCUT2D eigenvalue weighted by Crippen LogP contribution is -2.42. The fourth-order valence-corrected chi connectivity index (χ4v) is 1.89. The van der Waals surface area contributed by atoms with E-state index in [0.29, 0.717) is 23.5 Å². The standard InChI is InChI=1S/C11H23NOS/c1-8(2)6-10(12-9(3)4)11(13)7-14-5/h8-10,12H,6-7H2,1-5H3/t10-/m1/s1. The summed E-state index contributed by atoms with van der Waals surface area (Å²) >= 11 is 1.60. The zero-order chi connectivity index (χ0) is 11.1. The zero-order valence-electron chi connectivity index (χ0n) is 9.96. The highest BCUT2D eigenvalue weighted by molar-refractivity contribution is 7.99. The van der Waals surface area contributed by atoms with Crippen LogP contribution in [0.1, 0.15) is 34.1 Å². The van der Waals surface area contributed by atoms with Crippen LogP contribution in [0.5, 0.6) is 0 Å². The van der Waals surface area contributed by atoms with Crippen molar-refractivity contribution >= 4 is 17.5 Å². The van der Waals surface area contributed by atoms with Crippen LogP contribution < -0.4 is 5.32 Å². The van der Waals surface area contributed by atoms with E-state index in [1.807, 2.05) is 6.26 Å². The van der Waals surface area contributed by atoms with Gasteiger partial charge in [0.15, 0.2) is 5.78 Å². The highest BCUT2D eigenvalue weighted by Crippen LogP contribution is 2.08. The molecule has 0 saturated heterocycles. The fourth-order valence-electron chi connectivity index (χ4n) is 1.41. The molecule has 0 aromatic rings. The third-order valence-corrected chi connectivity index (χ3v) is 2.49. The summed E-state index contributed by atoms with van der Waals surface area (Å²) in [6.07, 6.45) is 2.91. The number of nitrogens with one attached hydrogen (secondary N) is 1. The first-order valence-electron chi connectivity index (χ1n) is 5.25. The first-order valence-corrected chi connectivity index (χ1v) is 6.64. The van der Waals surface area contributed by atoms with E-state index in [1.165, 1.54) is 0 Å². The molecule has 84 valence electrons. The molecular formula is C11H23NOS. The van der Waals surface area contributed by atoms with Crippen LogP contribution in [-0.4, -0.2) is 29.9 Å². The number of hydrogen-bond donors (Lipinski definition) is 1. The molecule has 1 atom stereocenters. The van der Waals surface area contributed by atoms with Crippen LogP contribution in [-0.2, 0) is 4.79 Å². The number of Topliss-reactive ketones (excluding diaryl/α,β-unsaturated/α-hetero) is 1. The van der Waals surface area contributed by atoms with Crippen LogP contribution >= 0.6 is 11.8 Å². The van der Waals surface area contributed by atoms with Crippen molar-refractivity contribution in [3.05, 3.63) is 0 Å². The highest BCUT2D eigenvalue weighted by Gasteiger charge is 2.19. The Morgan fingerprint density at radius 1 is 1.29 bits per heavy atom. The summed E-state index contributed by atoms with van der Waals surface area (Å²) in [5.41, 5.74) is 0. The Bertz CT molecular complexity index is 159. The molecule has 0 fully saturated rings. The molecule has 3 heteroatoms. The summed E-state index contributed by atoms with van der Waals surface area (Å²) in [5.74, 6) is 1.52. The summed E-state index contributed by atoms with van der Waals surface area (Å²) in [5, 5.41) is 3.33. The second-order valence-electron chi connectivity index (χ2n) is 4.40. The van der Waals surface area contributed by atoms with Gasteiger partial charge < -0.3 is 5.32 Å². The molecule has 2 nitrogen and oxygen atoms in total. The lowest BCUT2D eigenvalue weighted by atomic mass is 10.0. The van der Waals surface area contributed by atoms with Crippen LogP contribution in [0.3, 0.4) is 0 Å². The molecule has 0 aromatic heterocycles. The van der Waals surface area contributed by atoms with Crippen molar-refractivity contribution in [1.82, 2.24) is 5.32 Å². The third kappa shape index (κ3) is 6.44. The Kier molecular flexibility index (Phi) is 7.28. The summed E-state index contributed by atoms with van der Waals surface area (Å²) in [4.78, 5) is 11.7. The number of thioether (sulfide) groups is 1. The quantitative estimate of drug-likeness (QED) is 0.709. The van der Waals surface area contributed by atoms with Crippen LogP contribution in [0, 0.1) is 5.92 Å². The Hall–Kier alpha value is -0.0200. The molecule has 0 saturated carbocycles. The van der Waals surface area contributed by atoms with Gasteiger partial charge in [0.2, 0.25) is 0 Å². The van der Waals surface area contributed by atoms with Gasteiger partial charge in [-0.15, -0.1) is 0 Å². The van der Waals surface area contributed by atoms with Crippen LogP contribution in [0.15, 0.2) is 0 Å². The molecule has 0 rings (SSSR count). The van der Waals surface area contributed by atoms with Gasteiger partial charge in [-0.1, -0.05) is 27.7 Å². The second-order valence-corrected chi connectivity index (χ2v) is 5.27. The van der Waals surface area contributed by atoms with Gasteiger partial charge in [0.25, 0.3) is 0 Å². The molecule has 0 unspecified atom stereocenters. The van der Waals surface area contributed by atoms with Gasteiger partial charge in [0, 0.05) is 6.04 Å². The summed E-state index contributed by atoms with van der Waals surface area (Å²) in [6, 6.07) is 0.423. The molecule has 0 aliphatic heterocycles. The van der Waals surface area contributed by atoms with Crippen LogP contribution in [0.25, 0.3) is 0 Å². The number of ketones is 1. The minimum Gasteiger partial charge on any atom is -0.305 e. The van der Waals surface area contributed by atoms with E-state index in [0.717, 1.165) is 6.42 Å². The molecule has 0 aromatic carbocycles. The van der Waals surface area contributed by atoms with Crippen molar-refractivity contribution in [2.24, 2.45) is 5.92 Å². The Morgan fingerprint density at radius 3 is 2.21 bits per heavy atom. The number of carbonyl (C=O) groups excluding carboxylic acids is 1. The van der Waals surface area contributed by atoms with Crippen molar-refractivity contribution in [3.8, 4) is 0 Å². The Balaban J connectivity index is 4.15. The first kappa shape index (κ1) is 14.0. The maximum Gasteiger partial charge on any atom is 0.159 e. The fraction of sp³-hybridized carbons (Fsp3) is 0.909. The van der Waals surface area contributed by atoms with E-state index in [-0.39, 0.29) is 6.04 Å². The monoisotopic (exact) mass is 217 g/mol. The Labute approximate surface area is 92.2 Å². The van der Waals surface area contributed by atoms with E-state index >= 15 is 0 Å². The van der Waals surface area contributed by atoms with Crippen molar-refractivity contribution in [1.29, 1.82) is 0 Å². The van der Waals surface area contributed by atoms with Gasteiger partial charge in [0.1, 0.15) is 0 Å². The maximum atomic E-state index is 11.7. The summed E-state index contributed by atoms with van der Waals surface area (Å²) < 4.78 is 0. The van der Waals surface area contributed by atoms with E-state index in [4.69, 9.17) is 0 Å². The number of hydrogen-bond acceptors (Lipinski definition) is 3. The zero-order valence-corrected chi connectivity index (χ0v) is 10.8. The average molecular weight is 217 g/mol. The second kappa shape index (κ2) is 7.30. The minimum absolute atomic E-state index is 0.0439. The Morgan fingerprint density at radius 2 is 1.86 bits per heavy atom. The lowest BCUT2D eigenvalue weighted by Gasteiger charge is -2.21. The SMILES string of the molecule is CSCC(=O)[C@@H](CC(C)C)NC(C)C. The predicted molar refractivity (Wildman–Crippen MR) is 64.9 cm³/mol. The molecule has 0 bridgehead atoms. The summed E-state index contributed by atoms with van der Waals surface area (Å²) in [7, 11) is 0. The van der Waals surface area contributed by atoms with E-state index in [9.17, 15) is 4.79 Å². The molecule has 0 aliphatic carbocycles. The van der Waals surface area contributed by atoms with E-state index in [2.05, 4.69) is 33.0 Å². The van der Waals surface area contributed by atoms with Crippen molar-refractivity contribution in [2.75, 3.05) is 12.0 Å². The molecule has 0 amide bonds. The smallest absolute Gasteiger partial charge is 0.159 e. The number of rotatable bonds is 7. The van der Waals surface area contributed by atoms with Crippen molar-refractivity contribution < 1.29 is 4.79 Å². The van der Waals surface area contributed by atoms with Gasteiger partial charge in [-0.25, -0.2) is 0 Å². The highest BCUT2D eigenvalue weighted by atomic mass is 32.2. The van der Waals surface area contributed by atoms with E-state index < -0.39 is 0 Å². The van der Waals surface area contributed by atoms with Gasteiger partial charge in [0.05, 0.1) is 11.8 Å². The molecule has 14 heavy (non-hydrogen) atoms. The van der Waals surface area contributed by atoms with Gasteiger partial charge >= 0.3 is 0 Å². The topological polar surface area (TPSA) is 29.1 Å². The molecule has 1 N–H and O–H groups in total. The van der Waals surface area contributed by atoms with Gasteiger partial charge in [-0.05, 0) is 18.6 Å². The van der Waals surface area contributed by atoms with Crippen molar-refractivity contribution in [2.45, 2.75) is 46.2 Å². The molecule has 0 heterocycles. The normalized spacial score (nSPS) is 13.6. The molecule has 0 radical (unpaired) electrons. The largest absolute Gasteiger partial charge is 0.305 e.